The summed E-state index contributed by atoms with van der Waals surface area (Å²) in [5.74, 6) is -1.15. The third-order valence-corrected chi connectivity index (χ3v) is 4.66. The van der Waals surface area contributed by atoms with Gasteiger partial charge in [-0.15, -0.1) is 11.3 Å². The highest BCUT2D eigenvalue weighted by Gasteiger charge is 2.31. The summed E-state index contributed by atoms with van der Waals surface area (Å²) in [5.41, 5.74) is 1.19. The fourth-order valence-electron chi connectivity index (χ4n) is 2.65. The van der Waals surface area contributed by atoms with Gasteiger partial charge in [0.15, 0.2) is 0 Å². The van der Waals surface area contributed by atoms with E-state index >= 15 is 0 Å². The number of hydrogen-bond donors (Lipinski definition) is 1. The molecule has 1 unspecified atom stereocenters. The molecule has 0 bridgehead atoms. The lowest BCUT2D eigenvalue weighted by Gasteiger charge is -2.34. The molecule has 0 aliphatic carbocycles. The van der Waals surface area contributed by atoms with Gasteiger partial charge in [-0.3, -0.25) is 14.3 Å². The summed E-state index contributed by atoms with van der Waals surface area (Å²) in [4.78, 5) is 26.4. The number of carbonyl (C=O) groups is 2. The van der Waals surface area contributed by atoms with Crippen LogP contribution in [0.25, 0.3) is 10.6 Å². The minimum atomic E-state index is -0.942. The Morgan fingerprint density at radius 1 is 1.52 bits per heavy atom. The standard InChI is InChI=1S/C15H17N3O4S/c1-17-12(8-11(16-17)13-3-2-6-23-13)15(21)18-4-5-22-9-10(18)7-14(19)20/h2-3,6,8,10H,4-5,7,9H2,1H3,(H,19,20). The molecule has 1 aliphatic heterocycles. The first-order valence-corrected chi connectivity index (χ1v) is 8.12. The fraction of sp³-hybridized carbons (Fsp3) is 0.400. The van der Waals surface area contributed by atoms with Gasteiger partial charge < -0.3 is 14.7 Å². The number of carboxylic acid groups (broad SMARTS) is 1. The van der Waals surface area contributed by atoms with Crippen LogP contribution in [0.3, 0.4) is 0 Å². The van der Waals surface area contributed by atoms with E-state index in [9.17, 15) is 9.59 Å². The Morgan fingerprint density at radius 2 is 2.35 bits per heavy atom. The summed E-state index contributed by atoms with van der Waals surface area (Å²) in [7, 11) is 1.72. The van der Waals surface area contributed by atoms with E-state index in [1.54, 1.807) is 34.0 Å². The van der Waals surface area contributed by atoms with Gasteiger partial charge in [-0.1, -0.05) is 6.07 Å². The first-order chi connectivity index (χ1) is 11.1. The summed E-state index contributed by atoms with van der Waals surface area (Å²) in [6, 6.07) is 5.18. The van der Waals surface area contributed by atoms with Crippen LogP contribution < -0.4 is 0 Å². The number of aryl methyl sites for hydroxylation is 1. The molecule has 3 heterocycles. The quantitative estimate of drug-likeness (QED) is 0.914. The predicted molar refractivity (Wildman–Crippen MR) is 84.4 cm³/mol. The van der Waals surface area contributed by atoms with Crippen LogP contribution in [0, 0.1) is 0 Å². The van der Waals surface area contributed by atoms with Gasteiger partial charge in [0, 0.05) is 13.6 Å². The van der Waals surface area contributed by atoms with Crippen molar-refractivity contribution < 1.29 is 19.4 Å². The van der Waals surface area contributed by atoms with Crippen molar-refractivity contribution in [1.82, 2.24) is 14.7 Å². The normalized spacial score (nSPS) is 18.1. The molecule has 122 valence electrons. The van der Waals surface area contributed by atoms with Crippen LogP contribution in [0.4, 0.5) is 0 Å². The first-order valence-electron chi connectivity index (χ1n) is 7.24. The van der Waals surface area contributed by atoms with Crippen molar-refractivity contribution in [3.63, 3.8) is 0 Å². The second-order valence-corrected chi connectivity index (χ2v) is 6.29. The third-order valence-electron chi connectivity index (χ3n) is 3.77. The van der Waals surface area contributed by atoms with E-state index < -0.39 is 12.0 Å². The zero-order chi connectivity index (χ0) is 16.4. The molecule has 23 heavy (non-hydrogen) atoms. The van der Waals surface area contributed by atoms with E-state index in [0.717, 1.165) is 10.6 Å². The monoisotopic (exact) mass is 335 g/mol. The number of aromatic nitrogens is 2. The summed E-state index contributed by atoms with van der Waals surface area (Å²) in [6.07, 6.45) is -0.124. The van der Waals surface area contributed by atoms with Crippen LogP contribution in [0.15, 0.2) is 23.6 Å². The number of rotatable bonds is 4. The minimum absolute atomic E-state index is 0.124. The second kappa shape index (κ2) is 6.51. The zero-order valence-corrected chi connectivity index (χ0v) is 13.5. The summed E-state index contributed by atoms with van der Waals surface area (Å²) < 4.78 is 6.86. The molecule has 1 fully saturated rings. The number of carboxylic acids is 1. The molecule has 2 aromatic heterocycles. The van der Waals surface area contributed by atoms with Gasteiger partial charge in [-0.25, -0.2) is 0 Å². The van der Waals surface area contributed by atoms with E-state index in [1.807, 2.05) is 17.5 Å². The molecular formula is C15H17N3O4S. The van der Waals surface area contributed by atoms with Crippen LogP contribution in [-0.4, -0.2) is 57.5 Å². The maximum absolute atomic E-state index is 12.8. The van der Waals surface area contributed by atoms with Crippen LogP contribution in [0.2, 0.25) is 0 Å². The summed E-state index contributed by atoms with van der Waals surface area (Å²) in [6.45, 7) is 1.04. The molecule has 0 radical (unpaired) electrons. The van der Waals surface area contributed by atoms with E-state index in [2.05, 4.69) is 5.10 Å². The second-order valence-electron chi connectivity index (χ2n) is 5.34. The lowest BCUT2D eigenvalue weighted by atomic mass is 10.1. The van der Waals surface area contributed by atoms with Crippen LogP contribution in [-0.2, 0) is 16.6 Å². The first kappa shape index (κ1) is 15.7. The van der Waals surface area contributed by atoms with E-state index in [0.29, 0.717) is 18.8 Å². The van der Waals surface area contributed by atoms with Crippen molar-refractivity contribution >= 4 is 23.2 Å². The highest BCUT2D eigenvalue weighted by molar-refractivity contribution is 7.13. The van der Waals surface area contributed by atoms with Gasteiger partial charge in [-0.05, 0) is 17.5 Å². The predicted octanol–water partition coefficient (Wildman–Crippen LogP) is 1.46. The maximum Gasteiger partial charge on any atom is 0.305 e. The van der Waals surface area contributed by atoms with Gasteiger partial charge in [0.25, 0.3) is 5.91 Å². The highest BCUT2D eigenvalue weighted by atomic mass is 32.1. The van der Waals surface area contributed by atoms with Crippen molar-refractivity contribution in [2.24, 2.45) is 7.05 Å². The molecule has 0 saturated carbocycles. The van der Waals surface area contributed by atoms with Gasteiger partial charge in [-0.2, -0.15) is 5.10 Å². The Morgan fingerprint density at radius 3 is 3.04 bits per heavy atom. The number of ether oxygens (including phenoxy) is 1. The lowest BCUT2D eigenvalue weighted by molar-refractivity contribution is -0.139. The Kier molecular flexibility index (Phi) is 4.44. The Balaban J connectivity index is 1.85. The molecule has 1 amide bonds. The third kappa shape index (κ3) is 3.27. The van der Waals surface area contributed by atoms with Crippen molar-refractivity contribution in [1.29, 1.82) is 0 Å². The molecule has 1 saturated heterocycles. The number of hydrogen-bond acceptors (Lipinski definition) is 5. The van der Waals surface area contributed by atoms with Crippen molar-refractivity contribution in [2.75, 3.05) is 19.8 Å². The van der Waals surface area contributed by atoms with Crippen LogP contribution in [0.5, 0.6) is 0 Å². The van der Waals surface area contributed by atoms with E-state index in [1.165, 1.54) is 0 Å². The molecule has 1 N–H and O–H groups in total. The minimum Gasteiger partial charge on any atom is -0.481 e. The number of carbonyl (C=O) groups excluding carboxylic acids is 1. The van der Waals surface area contributed by atoms with Crippen LogP contribution >= 0.6 is 11.3 Å². The zero-order valence-electron chi connectivity index (χ0n) is 12.6. The van der Waals surface area contributed by atoms with Crippen molar-refractivity contribution in [3.05, 3.63) is 29.3 Å². The molecule has 7 nitrogen and oxygen atoms in total. The highest BCUT2D eigenvalue weighted by Crippen LogP contribution is 2.25. The molecular weight excluding hydrogens is 318 g/mol. The maximum atomic E-state index is 12.8. The molecule has 1 atom stereocenters. The lowest BCUT2D eigenvalue weighted by Crippen LogP contribution is -2.50. The number of amides is 1. The van der Waals surface area contributed by atoms with Gasteiger partial charge in [0.1, 0.15) is 11.4 Å². The molecule has 8 heteroatoms. The SMILES string of the molecule is Cn1nc(-c2cccs2)cc1C(=O)N1CCOCC1CC(=O)O. The average Bonchev–Trinajstić information content (AvgIpc) is 3.15. The largest absolute Gasteiger partial charge is 0.481 e. The Labute approximate surface area is 137 Å². The Hall–Kier alpha value is -2.19. The van der Waals surface area contributed by atoms with E-state index in [-0.39, 0.29) is 18.9 Å². The molecule has 3 rings (SSSR count). The number of morpholine rings is 1. The van der Waals surface area contributed by atoms with Crippen molar-refractivity contribution in [2.45, 2.75) is 12.5 Å². The fourth-order valence-corrected chi connectivity index (χ4v) is 3.33. The van der Waals surface area contributed by atoms with Crippen LogP contribution in [0.1, 0.15) is 16.9 Å². The molecule has 1 aliphatic rings. The Bertz CT molecular complexity index is 710. The average molecular weight is 335 g/mol. The molecule has 0 aromatic carbocycles. The smallest absolute Gasteiger partial charge is 0.305 e. The number of aliphatic carboxylic acids is 1. The topological polar surface area (TPSA) is 84.7 Å². The van der Waals surface area contributed by atoms with Crippen molar-refractivity contribution in [3.8, 4) is 10.6 Å². The molecule has 0 spiro atoms. The van der Waals surface area contributed by atoms with E-state index in [4.69, 9.17) is 9.84 Å². The van der Waals surface area contributed by atoms with Gasteiger partial charge in [0.05, 0.1) is 30.6 Å². The van der Waals surface area contributed by atoms with Gasteiger partial charge in [0.2, 0.25) is 0 Å². The number of nitrogens with zero attached hydrogens (tertiary/aromatic N) is 3. The number of thiophene rings is 1. The summed E-state index contributed by atoms with van der Waals surface area (Å²) in [5, 5.41) is 15.4. The molecule has 2 aromatic rings. The summed E-state index contributed by atoms with van der Waals surface area (Å²) >= 11 is 1.56. The van der Waals surface area contributed by atoms with Gasteiger partial charge >= 0.3 is 5.97 Å².